The van der Waals surface area contributed by atoms with E-state index < -0.39 is 0 Å². The lowest BCUT2D eigenvalue weighted by Crippen LogP contribution is -2.55. The monoisotopic (exact) mass is 262 g/mol. The van der Waals surface area contributed by atoms with E-state index in [4.69, 9.17) is 0 Å². The molecule has 0 radical (unpaired) electrons. The minimum Gasteiger partial charge on any atom is -0.324 e. The van der Waals surface area contributed by atoms with Gasteiger partial charge in [0.1, 0.15) is 6.33 Å². The smallest absolute Gasteiger partial charge is 0.324 e. The number of carbonyl (C=O) groups is 1. The fraction of sp³-hybridized carbons (Fsp3) is 0.714. The van der Waals surface area contributed by atoms with E-state index in [1.54, 1.807) is 23.3 Å². The summed E-state index contributed by atoms with van der Waals surface area (Å²) in [7, 11) is 4.16. The molecule has 2 aliphatic heterocycles. The first kappa shape index (κ1) is 12.7. The molecule has 3 heterocycles. The molecule has 0 aromatic carbocycles. The first-order valence-electron chi connectivity index (χ1n) is 7.14. The van der Waals surface area contributed by atoms with Gasteiger partial charge < -0.3 is 9.80 Å². The van der Waals surface area contributed by atoms with Crippen LogP contribution in [0.3, 0.4) is 0 Å². The maximum Gasteiger partial charge on any atom is 0.329 e. The third kappa shape index (κ3) is 2.27. The molecule has 3 rings (SSSR count). The van der Waals surface area contributed by atoms with Crippen LogP contribution in [0.1, 0.15) is 32.1 Å². The standard InChI is InChI=1S/C14H22N4O/c1-16-11-4-3-5-12(16)9-13(8-11)17(2)14(19)18-7-6-15-10-18/h6-7,10-13H,3-5,8-9H2,1-2H3. The number of carbonyl (C=O) groups excluding carboxylic acids is 1. The fourth-order valence-corrected chi connectivity index (χ4v) is 3.61. The Kier molecular flexibility index (Phi) is 3.31. The Labute approximate surface area is 114 Å². The summed E-state index contributed by atoms with van der Waals surface area (Å²) in [5, 5.41) is 0. The third-order valence-electron chi connectivity index (χ3n) is 4.89. The van der Waals surface area contributed by atoms with Gasteiger partial charge in [-0.15, -0.1) is 0 Å². The van der Waals surface area contributed by atoms with Crippen LogP contribution in [-0.2, 0) is 0 Å². The fourth-order valence-electron chi connectivity index (χ4n) is 3.61. The zero-order valence-electron chi connectivity index (χ0n) is 11.7. The molecule has 2 saturated heterocycles. The largest absolute Gasteiger partial charge is 0.329 e. The van der Waals surface area contributed by atoms with Crippen LogP contribution in [0.2, 0.25) is 0 Å². The van der Waals surface area contributed by atoms with Crippen LogP contribution in [-0.4, -0.2) is 57.6 Å². The average Bonchev–Trinajstić information content (AvgIpc) is 2.90. The molecule has 0 N–H and O–H groups in total. The number of hydrogen-bond acceptors (Lipinski definition) is 3. The molecule has 1 amide bonds. The summed E-state index contributed by atoms with van der Waals surface area (Å²) in [6.45, 7) is 0. The molecular weight excluding hydrogens is 240 g/mol. The zero-order valence-corrected chi connectivity index (χ0v) is 11.7. The third-order valence-corrected chi connectivity index (χ3v) is 4.89. The highest BCUT2D eigenvalue weighted by molar-refractivity contribution is 5.76. The van der Waals surface area contributed by atoms with E-state index in [9.17, 15) is 4.79 Å². The Morgan fingerprint density at radius 2 is 2.00 bits per heavy atom. The van der Waals surface area contributed by atoms with Gasteiger partial charge in [0.25, 0.3) is 0 Å². The van der Waals surface area contributed by atoms with Crippen molar-refractivity contribution in [2.45, 2.75) is 50.2 Å². The number of rotatable bonds is 1. The van der Waals surface area contributed by atoms with E-state index in [0.717, 1.165) is 12.8 Å². The Bertz CT molecular complexity index is 430. The summed E-state index contributed by atoms with van der Waals surface area (Å²) < 4.78 is 1.56. The van der Waals surface area contributed by atoms with Gasteiger partial charge in [0, 0.05) is 37.6 Å². The van der Waals surface area contributed by atoms with E-state index in [-0.39, 0.29) is 6.03 Å². The molecule has 5 nitrogen and oxygen atoms in total. The van der Waals surface area contributed by atoms with Crippen molar-refractivity contribution in [2.24, 2.45) is 0 Å². The van der Waals surface area contributed by atoms with Crippen molar-refractivity contribution in [3.05, 3.63) is 18.7 Å². The SMILES string of the molecule is CN(C(=O)n1ccnc1)C1CC2CCCC(C1)N2C. The molecule has 0 aliphatic carbocycles. The predicted octanol–water partition coefficient (Wildman–Crippen LogP) is 1.80. The molecular formula is C14H22N4O. The highest BCUT2D eigenvalue weighted by Crippen LogP contribution is 2.34. The average molecular weight is 262 g/mol. The summed E-state index contributed by atoms with van der Waals surface area (Å²) in [4.78, 5) is 20.7. The van der Waals surface area contributed by atoms with Gasteiger partial charge in [0.2, 0.25) is 0 Å². The molecule has 19 heavy (non-hydrogen) atoms. The van der Waals surface area contributed by atoms with Crippen LogP contribution in [0.25, 0.3) is 0 Å². The van der Waals surface area contributed by atoms with E-state index in [0.29, 0.717) is 18.1 Å². The molecule has 104 valence electrons. The quantitative estimate of drug-likeness (QED) is 0.775. The summed E-state index contributed by atoms with van der Waals surface area (Å²) in [6, 6.07) is 1.69. The number of nitrogens with zero attached hydrogens (tertiary/aromatic N) is 4. The lowest BCUT2D eigenvalue weighted by atomic mass is 9.82. The predicted molar refractivity (Wildman–Crippen MR) is 73.0 cm³/mol. The van der Waals surface area contributed by atoms with Gasteiger partial charge in [-0.25, -0.2) is 9.78 Å². The van der Waals surface area contributed by atoms with Crippen molar-refractivity contribution in [3.63, 3.8) is 0 Å². The molecule has 1 aromatic heterocycles. The zero-order chi connectivity index (χ0) is 13.4. The van der Waals surface area contributed by atoms with E-state index in [1.165, 1.54) is 19.3 Å². The van der Waals surface area contributed by atoms with Crippen LogP contribution >= 0.6 is 0 Å². The Hall–Kier alpha value is -1.36. The molecule has 0 spiro atoms. The maximum atomic E-state index is 12.3. The normalized spacial score (nSPS) is 31.2. The number of amides is 1. The van der Waals surface area contributed by atoms with Gasteiger partial charge in [0.15, 0.2) is 0 Å². The van der Waals surface area contributed by atoms with E-state index in [2.05, 4.69) is 16.9 Å². The molecule has 2 atom stereocenters. The van der Waals surface area contributed by atoms with Crippen LogP contribution in [0.4, 0.5) is 4.79 Å². The summed E-state index contributed by atoms with van der Waals surface area (Å²) in [6.07, 6.45) is 11.0. The second-order valence-corrected chi connectivity index (χ2v) is 5.89. The number of piperidine rings is 2. The number of hydrogen-bond donors (Lipinski definition) is 0. The lowest BCUT2D eigenvalue weighted by Gasteiger charge is -2.49. The topological polar surface area (TPSA) is 41.4 Å². The van der Waals surface area contributed by atoms with Gasteiger partial charge >= 0.3 is 6.03 Å². The van der Waals surface area contributed by atoms with Crippen molar-refractivity contribution < 1.29 is 4.79 Å². The van der Waals surface area contributed by atoms with Crippen molar-refractivity contribution >= 4 is 6.03 Å². The van der Waals surface area contributed by atoms with Crippen molar-refractivity contribution in [1.82, 2.24) is 19.4 Å². The number of aromatic nitrogens is 2. The Morgan fingerprint density at radius 3 is 2.58 bits per heavy atom. The highest BCUT2D eigenvalue weighted by atomic mass is 16.2. The first-order chi connectivity index (χ1) is 9.16. The van der Waals surface area contributed by atoms with E-state index in [1.807, 2.05) is 11.9 Å². The van der Waals surface area contributed by atoms with Crippen LogP contribution in [0.5, 0.6) is 0 Å². The Morgan fingerprint density at radius 1 is 1.32 bits per heavy atom. The minimum absolute atomic E-state index is 0.0325. The minimum atomic E-state index is 0.0325. The summed E-state index contributed by atoms with van der Waals surface area (Å²) in [5.41, 5.74) is 0. The van der Waals surface area contributed by atoms with Crippen molar-refractivity contribution in [2.75, 3.05) is 14.1 Å². The van der Waals surface area contributed by atoms with Crippen LogP contribution in [0.15, 0.2) is 18.7 Å². The van der Waals surface area contributed by atoms with Crippen LogP contribution in [0, 0.1) is 0 Å². The van der Waals surface area contributed by atoms with Gasteiger partial charge in [-0.2, -0.15) is 0 Å². The lowest BCUT2D eigenvalue weighted by molar-refractivity contribution is 0.0259. The van der Waals surface area contributed by atoms with Gasteiger partial charge in [-0.3, -0.25) is 4.57 Å². The molecule has 2 unspecified atom stereocenters. The summed E-state index contributed by atoms with van der Waals surface area (Å²) in [5.74, 6) is 0. The molecule has 0 saturated carbocycles. The summed E-state index contributed by atoms with van der Waals surface area (Å²) >= 11 is 0. The highest BCUT2D eigenvalue weighted by Gasteiger charge is 2.38. The molecule has 2 bridgehead atoms. The van der Waals surface area contributed by atoms with Gasteiger partial charge in [0.05, 0.1) is 0 Å². The van der Waals surface area contributed by atoms with E-state index >= 15 is 0 Å². The van der Waals surface area contributed by atoms with Gasteiger partial charge in [-0.1, -0.05) is 6.42 Å². The second kappa shape index (κ2) is 4.96. The van der Waals surface area contributed by atoms with Crippen molar-refractivity contribution in [1.29, 1.82) is 0 Å². The molecule has 5 heteroatoms. The van der Waals surface area contributed by atoms with Gasteiger partial charge in [-0.05, 0) is 32.7 Å². The Balaban J connectivity index is 1.71. The second-order valence-electron chi connectivity index (χ2n) is 5.89. The van der Waals surface area contributed by atoms with Crippen molar-refractivity contribution in [3.8, 4) is 0 Å². The number of fused-ring (bicyclic) bond motifs is 2. The maximum absolute atomic E-state index is 12.3. The molecule has 2 aliphatic rings. The first-order valence-corrected chi connectivity index (χ1v) is 7.14. The molecule has 2 fully saturated rings. The number of imidazole rings is 1. The molecule has 1 aromatic rings. The van der Waals surface area contributed by atoms with Crippen LogP contribution < -0.4 is 0 Å².